The van der Waals surface area contributed by atoms with E-state index in [0.29, 0.717) is 16.3 Å². The Morgan fingerprint density at radius 2 is 2.18 bits per heavy atom. The van der Waals surface area contributed by atoms with Gasteiger partial charge in [-0.3, -0.25) is 4.79 Å². The molecule has 0 spiro atoms. The van der Waals surface area contributed by atoms with Crippen LogP contribution in [-0.4, -0.2) is 13.0 Å². The van der Waals surface area contributed by atoms with Crippen LogP contribution in [0.2, 0.25) is 0 Å². The van der Waals surface area contributed by atoms with Crippen LogP contribution in [0.1, 0.15) is 9.67 Å². The lowest BCUT2D eigenvalue weighted by Gasteiger charge is -2.08. The van der Waals surface area contributed by atoms with Crippen molar-refractivity contribution in [2.24, 2.45) is 0 Å². The highest BCUT2D eigenvalue weighted by Crippen LogP contribution is 2.25. The zero-order valence-corrected chi connectivity index (χ0v) is 10.8. The largest absolute Gasteiger partial charge is 0.495 e. The van der Waals surface area contributed by atoms with Crippen molar-refractivity contribution >= 4 is 35.6 Å². The lowest BCUT2D eigenvalue weighted by molar-refractivity contribution is 0.103. The molecule has 2 rings (SSSR count). The molecule has 0 saturated heterocycles. The molecule has 0 unspecified atom stereocenters. The molecule has 0 aliphatic carbocycles. The van der Waals surface area contributed by atoms with Gasteiger partial charge >= 0.3 is 0 Å². The molecular formula is C12H11NO2S2. The van der Waals surface area contributed by atoms with Gasteiger partial charge in [0, 0.05) is 10.3 Å². The highest BCUT2D eigenvalue weighted by molar-refractivity contribution is 7.80. The number of thiophene rings is 1. The smallest absolute Gasteiger partial charge is 0.265 e. The number of rotatable bonds is 3. The molecule has 17 heavy (non-hydrogen) atoms. The van der Waals surface area contributed by atoms with Gasteiger partial charge in [0.25, 0.3) is 5.91 Å². The van der Waals surface area contributed by atoms with Crippen LogP contribution in [-0.2, 0) is 0 Å². The SMILES string of the molecule is COc1ccccc1NC(=O)c1cc(S)cs1. The number of carbonyl (C=O) groups excluding carboxylic acids is 1. The second-order valence-electron chi connectivity index (χ2n) is 3.32. The van der Waals surface area contributed by atoms with Gasteiger partial charge < -0.3 is 10.1 Å². The van der Waals surface area contributed by atoms with E-state index in [0.717, 1.165) is 4.90 Å². The van der Waals surface area contributed by atoms with Gasteiger partial charge in [0.05, 0.1) is 17.7 Å². The van der Waals surface area contributed by atoms with Crippen molar-refractivity contribution in [1.29, 1.82) is 0 Å². The van der Waals surface area contributed by atoms with E-state index in [9.17, 15) is 4.79 Å². The molecule has 88 valence electrons. The summed E-state index contributed by atoms with van der Waals surface area (Å²) in [6, 6.07) is 9.03. The summed E-state index contributed by atoms with van der Waals surface area (Å²) < 4.78 is 5.16. The maximum atomic E-state index is 11.9. The molecule has 0 bridgehead atoms. The molecular weight excluding hydrogens is 254 g/mol. The number of hydrogen-bond acceptors (Lipinski definition) is 4. The standard InChI is InChI=1S/C12H11NO2S2/c1-15-10-5-3-2-4-9(10)13-12(14)11-6-8(16)7-17-11/h2-7,16H,1H3,(H,13,14). The molecule has 1 heterocycles. The van der Waals surface area contributed by atoms with Crippen molar-refractivity contribution in [2.45, 2.75) is 4.90 Å². The van der Waals surface area contributed by atoms with Crippen molar-refractivity contribution in [2.75, 3.05) is 12.4 Å². The molecule has 1 aromatic heterocycles. The first-order chi connectivity index (χ1) is 8.20. The fourth-order valence-electron chi connectivity index (χ4n) is 1.38. The van der Waals surface area contributed by atoms with Crippen LogP contribution in [0.3, 0.4) is 0 Å². The molecule has 0 radical (unpaired) electrons. The van der Waals surface area contributed by atoms with Gasteiger partial charge in [0.1, 0.15) is 5.75 Å². The van der Waals surface area contributed by atoms with Gasteiger partial charge in [0.2, 0.25) is 0 Å². The average Bonchev–Trinajstić information content (AvgIpc) is 2.77. The molecule has 2 aromatic rings. The summed E-state index contributed by atoms with van der Waals surface area (Å²) in [4.78, 5) is 13.3. The molecule has 1 amide bonds. The Morgan fingerprint density at radius 1 is 1.41 bits per heavy atom. The van der Waals surface area contributed by atoms with E-state index in [-0.39, 0.29) is 5.91 Å². The lowest BCUT2D eigenvalue weighted by atomic mass is 10.3. The minimum absolute atomic E-state index is 0.153. The Balaban J connectivity index is 2.18. The lowest BCUT2D eigenvalue weighted by Crippen LogP contribution is -2.10. The fourth-order valence-corrected chi connectivity index (χ4v) is 2.42. The van der Waals surface area contributed by atoms with E-state index in [1.54, 1.807) is 25.3 Å². The third-order valence-electron chi connectivity index (χ3n) is 2.16. The van der Waals surface area contributed by atoms with E-state index in [4.69, 9.17) is 4.74 Å². The molecule has 0 aliphatic rings. The fraction of sp³-hybridized carbons (Fsp3) is 0.0833. The van der Waals surface area contributed by atoms with Crippen molar-refractivity contribution < 1.29 is 9.53 Å². The molecule has 1 aromatic carbocycles. The average molecular weight is 265 g/mol. The maximum absolute atomic E-state index is 11.9. The van der Waals surface area contributed by atoms with Gasteiger partial charge in [-0.1, -0.05) is 12.1 Å². The molecule has 5 heteroatoms. The number of benzene rings is 1. The van der Waals surface area contributed by atoms with Crippen molar-refractivity contribution in [1.82, 2.24) is 0 Å². The predicted molar refractivity (Wildman–Crippen MR) is 72.5 cm³/mol. The Bertz CT molecular complexity index is 537. The topological polar surface area (TPSA) is 38.3 Å². The summed E-state index contributed by atoms with van der Waals surface area (Å²) >= 11 is 5.53. The van der Waals surface area contributed by atoms with Crippen molar-refractivity contribution in [3.63, 3.8) is 0 Å². The highest BCUT2D eigenvalue weighted by Gasteiger charge is 2.10. The Kier molecular flexibility index (Phi) is 3.71. The minimum Gasteiger partial charge on any atom is -0.495 e. The summed E-state index contributed by atoms with van der Waals surface area (Å²) in [5, 5.41) is 4.62. The van der Waals surface area contributed by atoms with E-state index >= 15 is 0 Å². The molecule has 0 saturated carbocycles. The molecule has 0 aliphatic heterocycles. The van der Waals surface area contributed by atoms with Gasteiger partial charge in [-0.25, -0.2) is 0 Å². The number of amides is 1. The first-order valence-electron chi connectivity index (χ1n) is 4.92. The first kappa shape index (κ1) is 12.0. The number of para-hydroxylation sites is 2. The summed E-state index contributed by atoms with van der Waals surface area (Å²) in [7, 11) is 1.57. The van der Waals surface area contributed by atoms with Crippen molar-refractivity contribution in [3.05, 3.63) is 40.6 Å². The van der Waals surface area contributed by atoms with Crippen LogP contribution in [0, 0.1) is 0 Å². The van der Waals surface area contributed by atoms with Crippen LogP contribution in [0.15, 0.2) is 40.6 Å². The van der Waals surface area contributed by atoms with Crippen LogP contribution in [0.25, 0.3) is 0 Å². The maximum Gasteiger partial charge on any atom is 0.265 e. The summed E-state index contributed by atoms with van der Waals surface area (Å²) in [5.41, 5.74) is 0.661. The van der Waals surface area contributed by atoms with Crippen LogP contribution < -0.4 is 10.1 Å². The van der Waals surface area contributed by atoms with E-state index in [1.165, 1.54) is 11.3 Å². The third kappa shape index (κ3) is 2.81. The Morgan fingerprint density at radius 3 is 2.82 bits per heavy atom. The summed E-state index contributed by atoms with van der Waals surface area (Å²) in [6.45, 7) is 0. The van der Waals surface area contributed by atoms with Gasteiger partial charge in [0.15, 0.2) is 0 Å². The number of anilines is 1. The zero-order chi connectivity index (χ0) is 12.3. The number of thiol groups is 1. The van der Waals surface area contributed by atoms with Gasteiger partial charge in [-0.05, 0) is 18.2 Å². The Labute approximate surface area is 109 Å². The number of ether oxygens (including phenoxy) is 1. The Hall–Kier alpha value is -1.46. The quantitative estimate of drug-likeness (QED) is 0.836. The minimum atomic E-state index is -0.153. The van der Waals surface area contributed by atoms with E-state index in [2.05, 4.69) is 17.9 Å². The zero-order valence-electron chi connectivity index (χ0n) is 9.14. The second-order valence-corrected chi connectivity index (χ2v) is 4.75. The predicted octanol–water partition coefficient (Wildman–Crippen LogP) is 3.30. The van der Waals surface area contributed by atoms with E-state index in [1.807, 2.05) is 17.5 Å². The number of hydrogen-bond donors (Lipinski definition) is 2. The van der Waals surface area contributed by atoms with Crippen molar-refractivity contribution in [3.8, 4) is 5.75 Å². The molecule has 0 fully saturated rings. The molecule has 1 N–H and O–H groups in total. The number of methoxy groups -OCH3 is 1. The summed E-state index contributed by atoms with van der Waals surface area (Å²) in [6.07, 6.45) is 0. The second kappa shape index (κ2) is 5.25. The van der Waals surface area contributed by atoms with Gasteiger partial charge in [-0.2, -0.15) is 0 Å². The number of carbonyl (C=O) groups is 1. The van der Waals surface area contributed by atoms with Crippen LogP contribution in [0.4, 0.5) is 5.69 Å². The number of nitrogens with one attached hydrogen (secondary N) is 1. The highest BCUT2D eigenvalue weighted by atomic mass is 32.1. The van der Waals surface area contributed by atoms with Crippen LogP contribution in [0.5, 0.6) is 5.75 Å². The molecule has 3 nitrogen and oxygen atoms in total. The molecule has 0 atom stereocenters. The monoisotopic (exact) mass is 265 g/mol. The van der Waals surface area contributed by atoms with Crippen LogP contribution >= 0.6 is 24.0 Å². The summed E-state index contributed by atoms with van der Waals surface area (Å²) in [5.74, 6) is 0.489. The van der Waals surface area contributed by atoms with E-state index < -0.39 is 0 Å². The normalized spacial score (nSPS) is 10.0. The van der Waals surface area contributed by atoms with Gasteiger partial charge in [-0.15, -0.1) is 24.0 Å². The third-order valence-corrected chi connectivity index (χ3v) is 3.53. The first-order valence-corrected chi connectivity index (χ1v) is 6.25.